The quantitative estimate of drug-likeness (QED) is 0.490. The molecular formula is C22H31N7S. The van der Waals surface area contributed by atoms with Crippen LogP contribution in [0.15, 0.2) is 29.7 Å². The average molecular weight is 426 g/mol. The predicted octanol–water partition coefficient (Wildman–Crippen LogP) is 3.89. The van der Waals surface area contributed by atoms with Crippen molar-refractivity contribution < 1.29 is 0 Å². The van der Waals surface area contributed by atoms with Gasteiger partial charge in [0.1, 0.15) is 5.82 Å². The molecule has 0 saturated carbocycles. The van der Waals surface area contributed by atoms with E-state index in [1.165, 1.54) is 5.56 Å². The van der Waals surface area contributed by atoms with Gasteiger partial charge in [0.15, 0.2) is 10.8 Å². The Morgan fingerprint density at radius 2 is 1.83 bits per heavy atom. The molecule has 160 valence electrons. The minimum absolute atomic E-state index is 0.0250. The van der Waals surface area contributed by atoms with E-state index < -0.39 is 0 Å². The van der Waals surface area contributed by atoms with E-state index in [0.29, 0.717) is 11.7 Å². The molecule has 2 N–H and O–H groups in total. The molecule has 4 heterocycles. The normalized spacial score (nSPS) is 16.4. The van der Waals surface area contributed by atoms with Crippen molar-refractivity contribution in [1.82, 2.24) is 29.5 Å². The van der Waals surface area contributed by atoms with Gasteiger partial charge < -0.3 is 5.73 Å². The highest BCUT2D eigenvalue weighted by atomic mass is 32.2. The van der Waals surface area contributed by atoms with Crippen LogP contribution in [-0.4, -0.2) is 48.3 Å². The minimum Gasteiger partial charge on any atom is -0.384 e. The highest BCUT2D eigenvalue weighted by Gasteiger charge is 2.24. The van der Waals surface area contributed by atoms with E-state index in [-0.39, 0.29) is 5.41 Å². The summed E-state index contributed by atoms with van der Waals surface area (Å²) >= 11 is 1.67. The topological polar surface area (TPSA) is 85.2 Å². The maximum atomic E-state index is 6.32. The van der Waals surface area contributed by atoms with Crippen molar-refractivity contribution in [1.29, 1.82) is 0 Å². The molecule has 0 amide bonds. The molecule has 0 aliphatic carbocycles. The zero-order chi connectivity index (χ0) is 21.3. The fourth-order valence-corrected chi connectivity index (χ4v) is 4.38. The Labute approximate surface area is 182 Å². The Morgan fingerprint density at radius 1 is 1.13 bits per heavy atom. The highest BCUT2D eigenvalue weighted by molar-refractivity contribution is 7.99. The van der Waals surface area contributed by atoms with Crippen LogP contribution in [0.25, 0.3) is 5.65 Å². The molecule has 0 radical (unpaired) electrons. The third kappa shape index (κ3) is 4.59. The smallest absolute Gasteiger partial charge is 0.187 e. The third-order valence-corrected chi connectivity index (χ3v) is 6.37. The lowest BCUT2D eigenvalue weighted by molar-refractivity contribution is 0.203. The molecule has 0 bridgehead atoms. The Kier molecular flexibility index (Phi) is 5.97. The molecule has 0 aromatic carbocycles. The number of aromatic nitrogens is 5. The fraction of sp³-hybridized carbons (Fsp3) is 0.545. The standard InChI is InChI=1S/C22H31N7S/c1-5-30-21-24-12-15(13-25-21)14-28-8-6-16(7-9-28)17-10-19(23)29-20(26-17)11-18(27-29)22(2,3)4/h10-13,16H,5-9,14,23H2,1-4H3. The lowest BCUT2D eigenvalue weighted by Gasteiger charge is -2.31. The van der Waals surface area contributed by atoms with Gasteiger partial charge in [-0.05, 0) is 31.7 Å². The van der Waals surface area contributed by atoms with E-state index in [4.69, 9.17) is 10.7 Å². The summed E-state index contributed by atoms with van der Waals surface area (Å²) in [5.41, 5.74) is 10.4. The van der Waals surface area contributed by atoms with Crippen LogP contribution in [0.2, 0.25) is 0 Å². The zero-order valence-electron chi connectivity index (χ0n) is 18.3. The molecule has 3 aromatic heterocycles. The number of nitrogen functional groups attached to an aromatic ring is 1. The second-order valence-electron chi connectivity index (χ2n) is 9.01. The monoisotopic (exact) mass is 425 g/mol. The van der Waals surface area contributed by atoms with E-state index >= 15 is 0 Å². The summed E-state index contributed by atoms with van der Waals surface area (Å²) in [5, 5.41) is 5.51. The van der Waals surface area contributed by atoms with Crippen LogP contribution in [-0.2, 0) is 12.0 Å². The van der Waals surface area contributed by atoms with E-state index in [1.54, 1.807) is 16.3 Å². The number of likely N-dealkylation sites (tertiary alicyclic amines) is 1. The first kappa shape index (κ1) is 21.1. The van der Waals surface area contributed by atoms with Gasteiger partial charge in [0.05, 0.1) is 5.69 Å². The number of hydrogen-bond donors (Lipinski definition) is 1. The van der Waals surface area contributed by atoms with Crippen LogP contribution in [0, 0.1) is 0 Å². The van der Waals surface area contributed by atoms with Gasteiger partial charge >= 0.3 is 0 Å². The van der Waals surface area contributed by atoms with Crippen LogP contribution in [0.5, 0.6) is 0 Å². The molecule has 30 heavy (non-hydrogen) atoms. The summed E-state index contributed by atoms with van der Waals surface area (Å²) in [6, 6.07) is 4.07. The van der Waals surface area contributed by atoms with E-state index in [1.807, 2.05) is 18.5 Å². The van der Waals surface area contributed by atoms with E-state index in [0.717, 1.165) is 60.4 Å². The summed E-state index contributed by atoms with van der Waals surface area (Å²) in [6.45, 7) is 11.6. The van der Waals surface area contributed by atoms with Gasteiger partial charge in [-0.2, -0.15) is 9.61 Å². The first-order valence-corrected chi connectivity index (χ1v) is 11.6. The molecule has 1 saturated heterocycles. The van der Waals surface area contributed by atoms with Gasteiger partial charge in [-0.3, -0.25) is 4.90 Å². The van der Waals surface area contributed by atoms with Gasteiger partial charge in [-0.25, -0.2) is 15.0 Å². The molecule has 1 aliphatic heterocycles. The van der Waals surface area contributed by atoms with Gasteiger partial charge in [-0.1, -0.05) is 39.5 Å². The van der Waals surface area contributed by atoms with Gasteiger partial charge in [0.25, 0.3) is 0 Å². The molecule has 0 spiro atoms. The average Bonchev–Trinajstić information content (AvgIpc) is 3.16. The Hall–Kier alpha value is -2.19. The van der Waals surface area contributed by atoms with Crippen molar-refractivity contribution in [3.05, 3.63) is 41.5 Å². The SMILES string of the molecule is CCSc1ncc(CN2CCC(c3cc(N)n4nc(C(C)(C)C)cc4n3)CC2)cn1. The number of nitrogens with two attached hydrogens (primary N) is 1. The number of nitrogens with zero attached hydrogens (tertiary/aromatic N) is 6. The zero-order valence-corrected chi connectivity index (χ0v) is 19.1. The Bertz CT molecular complexity index is 999. The molecule has 8 heteroatoms. The number of piperidine rings is 1. The van der Waals surface area contributed by atoms with Crippen molar-refractivity contribution >= 4 is 23.2 Å². The fourth-order valence-electron chi connectivity index (χ4n) is 3.87. The van der Waals surface area contributed by atoms with Crippen LogP contribution in [0.4, 0.5) is 5.82 Å². The van der Waals surface area contributed by atoms with Gasteiger partial charge in [0, 0.05) is 53.7 Å². The van der Waals surface area contributed by atoms with Crippen LogP contribution in [0.1, 0.15) is 63.4 Å². The van der Waals surface area contributed by atoms with Gasteiger partial charge in [0.2, 0.25) is 0 Å². The highest BCUT2D eigenvalue weighted by Crippen LogP contribution is 2.30. The Balaban J connectivity index is 1.41. The van der Waals surface area contributed by atoms with Crippen LogP contribution in [0.3, 0.4) is 0 Å². The molecule has 1 fully saturated rings. The first-order chi connectivity index (χ1) is 14.3. The predicted molar refractivity (Wildman–Crippen MR) is 122 cm³/mol. The van der Waals surface area contributed by atoms with Crippen molar-refractivity contribution in [2.45, 2.75) is 63.6 Å². The third-order valence-electron chi connectivity index (χ3n) is 5.61. The van der Waals surface area contributed by atoms with Crippen molar-refractivity contribution in [2.24, 2.45) is 0 Å². The number of hydrogen-bond acceptors (Lipinski definition) is 7. The summed E-state index contributed by atoms with van der Waals surface area (Å²) in [5.74, 6) is 2.09. The van der Waals surface area contributed by atoms with E-state index in [2.05, 4.69) is 53.7 Å². The first-order valence-electron chi connectivity index (χ1n) is 10.7. The van der Waals surface area contributed by atoms with Crippen molar-refractivity contribution in [3.63, 3.8) is 0 Å². The number of anilines is 1. The number of rotatable bonds is 5. The largest absolute Gasteiger partial charge is 0.384 e. The number of thioether (sulfide) groups is 1. The Morgan fingerprint density at radius 3 is 2.47 bits per heavy atom. The lowest BCUT2D eigenvalue weighted by atomic mass is 9.92. The van der Waals surface area contributed by atoms with Gasteiger partial charge in [-0.15, -0.1) is 0 Å². The maximum Gasteiger partial charge on any atom is 0.187 e. The summed E-state index contributed by atoms with van der Waals surface area (Å²) in [4.78, 5) is 16.3. The minimum atomic E-state index is -0.0250. The summed E-state index contributed by atoms with van der Waals surface area (Å²) in [6.07, 6.45) is 6.07. The molecule has 0 unspecified atom stereocenters. The van der Waals surface area contributed by atoms with Crippen LogP contribution >= 0.6 is 11.8 Å². The van der Waals surface area contributed by atoms with Crippen molar-refractivity contribution in [2.75, 3.05) is 24.6 Å². The molecule has 0 atom stereocenters. The second kappa shape index (κ2) is 8.51. The molecular weight excluding hydrogens is 394 g/mol. The molecule has 3 aromatic rings. The number of fused-ring (bicyclic) bond motifs is 1. The van der Waals surface area contributed by atoms with E-state index in [9.17, 15) is 0 Å². The molecule has 4 rings (SSSR count). The molecule has 7 nitrogen and oxygen atoms in total. The lowest BCUT2D eigenvalue weighted by Crippen LogP contribution is -2.32. The summed E-state index contributed by atoms with van der Waals surface area (Å²) < 4.78 is 1.76. The molecule has 1 aliphatic rings. The maximum absolute atomic E-state index is 6.32. The second-order valence-corrected chi connectivity index (χ2v) is 10.2. The summed E-state index contributed by atoms with van der Waals surface area (Å²) in [7, 11) is 0. The van der Waals surface area contributed by atoms with Crippen molar-refractivity contribution in [3.8, 4) is 0 Å². The van der Waals surface area contributed by atoms with Crippen LogP contribution < -0.4 is 5.73 Å².